The third-order valence-electron chi connectivity index (χ3n) is 2.96. The average Bonchev–Trinajstić information content (AvgIpc) is 2.44. The summed E-state index contributed by atoms with van der Waals surface area (Å²) in [5.74, 6) is -0.105. The fraction of sp³-hybridized carbons (Fsp3) is 0.429. The number of hydrogen-bond donors (Lipinski definition) is 4. The Morgan fingerprint density at radius 1 is 1.30 bits per heavy atom. The highest BCUT2D eigenvalue weighted by molar-refractivity contribution is 5.81. The standard InChI is InChI=1S/C14H23N5O/c1-10(11-6-3-2-4-7-11)19-13(20)12(15)8-5-9-18-14(16)17/h2-4,6-7,10,12H,5,8-9,15H2,1H3,(H,19,20)(H4,16,17,18)/t10?,12-/m1/s1. The van der Waals surface area contributed by atoms with Crippen molar-refractivity contribution in [2.75, 3.05) is 6.54 Å². The number of benzene rings is 1. The smallest absolute Gasteiger partial charge is 0.237 e. The molecule has 2 atom stereocenters. The van der Waals surface area contributed by atoms with Gasteiger partial charge in [0.1, 0.15) is 0 Å². The van der Waals surface area contributed by atoms with Crippen molar-refractivity contribution < 1.29 is 4.79 Å². The molecular weight excluding hydrogens is 254 g/mol. The molecule has 1 amide bonds. The van der Waals surface area contributed by atoms with Crippen molar-refractivity contribution in [3.8, 4) is 0 Å². The van der Waals surface area contributed by atoms with Crippen LogP contribution in [-0.4, -0.2) is 24.5 Å². The van der Waals surface area contributed by atoms with E-state index in [2.05, 4.69) is 10.3 Å². The molecule has 0 radical (unpaired) electrons. The molecule has 1 unspecified atom stereocenters. The van der Waals surface area contributed by atoms with E-state index in [4.69, 9.17) is 17.2 Å². The summed E-state index contributed by atoms with van der Waals surface area (Å²) < 4.78 is 0. The van der Waals surface area contributed by atoms with E-state index in [9.17, 15) is 4.79 Å². The summed E-state index contributed by atoms with van der Waals surface area (Å²) in [7, 11) is 0. The third-order valence-corrected chi connectivity index (χ3v) is 2.96. The first kappa shape index (κ1) is 16.0. The van der Waals surface area contributed by atoms with Crippen molar-refractivity contribution in [1.29, 1.82) is 0 Å². The highest BCUT2D eigenvalue weighted by Crippen LogP contribution is 2.11. The Kier molecular flexibility index (Phi) is 6.52. The zero-order valence-corrected chi connectivity index (χ0v) is 11.8. The van der Waals surface area contributed by atoms with Gasteiger partial charge in [0.05, 0.1) is 12.1 Å². The van der Waals surface area contributed by atoms with Gasteiger partial charge in [-0.3, -0.25) is 9.79 Å². The largest absolute Gasteiger partial charge is 0.370 e. The Morgan fingerprint density at radius 2 is 1.95 bits per heavy atom. The molecule has 0 heterocycles. The second-order valence-electron chi connectivity index (χ2n) is 4.70. The zero-order valence-electron chi connectivity index (χ0n) is 11.8. The lowest BCUT2D eigenvalue weighted by Crippen LogP contribution is -2.41. The first-order chi connectivity index (χ1) is 9.50. The maximum Gasteiger partial charge on any atom is 0.237 e. The van der Waals surface area contributed by atoms with Gasteiger partial charge in [0.2, 0.25) is 5.91 Å². The molecule has 1 aromatic carbocycles. The quantitative estimate of drug-likeness (QED) is 0.324. The van der Waals surface area contributed by atoms with Gasteiger partial charge < -0.3 is 22.5 Å². The molecule has 20 heavy (non-hydrogen) atoms. The zero-order chi connectivity index (χ0) is 15.0. The van der Waals surface area contributed by atoms with Crippen LogP contribution < -0.4 is 22.5 Å². The van der Waals surface area contributed by atoms with Crippen molar-refractivity contribution in [2.24, 2.45) is 22.2 Å². The number of amides is 1. The molecule has 7 N–H and O–H groups in total. The van der Waals surface area contributed by atoms with Gasteiger partial charge in [-0.05, 0) is 25.3 Å². The summed E-state index contributed by atoms with van der Waals surface area (Å²) >= 11 is 0. The summed E-state index contributed by atoms with van der Waals surface area (Å²) in [6, 6.07) is 9.14. The molecule has 110 valence electrons. The second-order valence-corrected chi connectivity index (χ2v) is 4.70. The minimum atomic E-state index is -0.546. The van der Waals surface area contributed by atoms with Crippen LogP contribution in [0.3, 0.4) is 0 Å². The lowest BCUT2D eigenvalue weighted by atomic mass is 10.1. The van der Waals surface area contributed by atoms with E-state index >= 15 is 0 Å². The maximum absolute atomic E-state index is 11.9. The molecule has 0 bridgehead atoms. The molecule has 0 fully saturated rings. The fourth-order valence-electron chi connectivity index (χ4n) is 1.80. The first-order valence-electron chi connectivity index (χ1n) is 6.67. The molecular formula is C14H23N5O. The van der Waals surface area contributed by atoms with Gasteiger partial charge in [0.15, 0.2) is 5.96 Å². The van der Waals surface area contributed by atoms with Gasteiger partial charge in [0, 0.05) is 6.54 Å². The van der Waals surface area contributed by atoms with Crippen LogP contribution in [-0.2, 0) is 4.79 Å². The Labute approximate surface area is 119 Å². The Morgan fingerprint density at radius 3 is 2.55 bits per heavy atom. The Hall–Kier alpha value is -2.08. The van der Waals surface area contributed by atoms with Gasteiger partial charge >= 0.3 is 0 Å². The molecule has 0 saturated heterocycles. The number of rotatable bonds is 7. The molecule has 0 aliphatic carbocycles. The number of carbonyl (C=O) groups is 1. The summed E-state index contributed by atoms with van der Waals surface area (Å²) in [5, 5.41) is 2.90. The number of nitrogens with two attached hydrogens (primary N) is 3. The summed E-state index contributed by atoms with van der Waals surface area (Å²) in [5.41, 5.74) is 17.3. The molecule has 0 aromatic heterocycles. The molecule has 0 aliphatic rings. The summed E-state index contributed by atoms with van der Waals surface area (Å²) in [4.78, 5) is 15.8. The topological polar surface area (TPSA) is 120 Å². The summed E-state index contributed by atoms with van der Waals surface area (Å²) in [6.45, 7) is 2.41. The summed E-state index contributed by atoms with van der Waals surface area (Å²) in [6.07, 6.45) is 1.22. The van der Waals surface area contributed by atoms with Crippen LogP contribution in [0.1, 0.15) is 31.4 Å². The van der Waals surface area contributed by atoms with Crippen LogP contribution in [0.25, 0.3) is 0 Å². The Bertz CT molecular complexity index is 442. The van der Waals surface area contributed by atoms with E-state index < -0.39 is 6.04 Å². The van der Waals surface area contributed by atoms with Crippen LogP contribution in [0.5, 0.6) is 0 Å². The van der Waals surface area contributed by atoms with Gasteiger partial charge in [0.25, 0.3) is 0 Å². The number of nitrogens with zero attached hydrogens (tertiary/aromatic N) is 1. The second kappa shape index (κ2) is 8.16. The van der Waals surface area contributed by atoms with Crippen molar-refractivity contribution in [3.05, 3.63) is 35.9 Å². The highest BCUT2D eigenvalue weighted by atomic mass is 16.2. The van der Waals surface area contributed by atoms with Crippen LogP contribution >= 0.6 is 0 Å². The lowest BCUT2D eigenvalue weighted by molar-refractivity contribution is -0.123. The Balaban J connectivity index is 2.36. The SMILES string of the molecule is CC(NC(=O)[C@H](N)CCCN=C(N)N)c1ccccc1. The predicted octanol–water partition coefficient (Wildman–Crippen LogP) is 0.245. The highest BCUT2D eigenvalue weighted by Gasteiger charge is 2.15. The van der Waals surface area contributed by atoms with Crippen LogP contribution in [0.15, 0.2) is 35.3 Å². The normalized spacial score (nSPS) is 13.3. The molecule has 0 aliphatic heterocycles. The monoisotopic (exact) mass is 277 g/mol. The maximum atomic E-state index is 11.9. The lowest BCUT2D eigenvalue weighted by Gasteiger charge is -2.17. The number of hydrogen-bond acceptors (Lipinski definition) is 3. The van der Waals surface area contributed by atoms with Gasteiger partial charge in [-0.2, -0.15) is 0 Å². The van der Waals surface area contributed by atoms with Gasteiger partial charge in [-0.1, -0.05) is 30.3 Å². The van der Waals surface area contributed by atoms with E-state index in [1.807, 2.05) is 37.3 Å². The number of aliphatic imine (C=N–C) groups is 1. The van der Waals surface area contributed by atoms with E-state index in [1.54, 1.807) is 0 Å². The van der Waals surface area contributed by atoms with Crippen LogP contribution in [0, 0.1) is 0 Å². The van der Waals surface area contributed by atoms with Crippen molar-refractivity contribution in [1.82, 2.24) is 5.32 Å². The van der Waals surface area contributed by atoms with E-state index in [0.717, 1.165) is 5.56 Å². The van der Waals surface area contributed by atoms with Crippen molar-refractivity contribution in [2.45, 2.75) is 31.8 Å². The predicted molar refractivity (Wildman–Crippen MR) is 80.9 cm³/mol. The van der Waals surface area contributed by atoms with Gasteiger partial charge in [-0.25, -0.2) is 0 Å². The molecule has 0 saturated carbocycles. The molecule has 0 spiro atoms. The minimum absolute atomic E-state index is 0.0562. The molecule has 6 heteroatoms. The third kappa shape index (κ3) is 5.71. The van der Waals surface area contributed by atoms with Crippen molar-refractivity contribution >= 4 is 11.9 Å². The minimum Gasteiger partial charge on any atom is -0.370 e. The van der Waals surface area contributed by atoms with Crippen molar-refractivity contribution in [3.63, 3.8) is 0 Å². The van der Waals surface area contributed by atoms with Crippen LogP contribution in [0.2, 0.25) is 0 Å². The molecule has 1 aromatic rings. The number of nitrogens with one attached hydrogen (secondary N) is 1. The first-order valence-corrected chi connectivity index (χ1v) is 6.67. The fourth-order valence-corrected chi connectivity index (χ4v) is 1.80. The number of carbonyl (C=O) groups excluding carboxylic acids is 1. The average molecular weight is 277 g/mol. The van der Waals surface area contributed by atoms with Gasteiger partial charge in [-0.15, -0.1) is 0 Å². The molecule has 6 nitrogen and oxygen atoms in total. The van der Waals surface area contributed by atoms with E-state index in [-0.39, 0.29) is 17.9 Å². The van der Waals surface area contributed by atoms with E-state index in [0.29, 0.717) is 19.4 Å². The van der Waals surface area contributed by atoms with Crippen LogP contribution in [0.4, 0.5) is 0 Å². The van der Waals surface area contributed by atoms with E-state index in [1.165, 1.54) is 0 Å². The molecule has 1 rings (SSSR count). The number of guanidine groups is 1.